The van der Waals surface area contributed by atoms with Gasteiger partial charge in [-0.05, 0) is 24.9 Å². The Morgan fingerprint density at radius 3 is 1.71 bits per heavy atom. The van der Waals surface area contributed by atoms with Gasteiger partial charge in [0.15, 0.2) is 0 Å². The molecule has 10 N–H and O–H groups in total. The van der Waals surface area contributed by atoms with Crippen LogP contribution in [0, 0.1) is 0 Å². The third-order valence-corrected chi connectivity index (χ3v) is 4.92. The molecule has 0 bridgehead atoms. The Hall–Kier alpha value is -3.40. The van der Waals surface area contributed by atoms with E-state index in [4.69, 9.17) is 26.8 Å². The third kappa shape index (κ3) is 12.6. The standard InChI is InChI=1S/C18H29N5O10S/c1-34-5-4-10(21-15(29)8(19)6-14(27)28)17(31)22-9(2-3-13(25)26)16(30)23-11(18(32)33)7-12(20)24/h8-11H,2-7,19H2,1H3,(H2,20,24)(H,21,29)(H,22,31)(H,23,30)(H,25,26)(H,27,28)(H,32,33). The molecular formula is C18H29N5O10S. The van der Waals surface area contributed by atoms with E-state index in [1.807, 2.05) is 5.32 Å². The molecule has 0 spiro atoms. The number of nitrogens with two attached hydrogens (primary N) is 2. The predicted octanol–water partition coefficient (Wildman–Crippen LogP) is -3.18. The average Bonchev–Trinajstić information content (AvgIpc) is 2.71. The van der Waals surface area contributed by atoms with Crippen LogP contribution in [0.1, 0.15) is 32.1 Å². The maximum absolute atomic E-state index is 12.8. The molecule has 0 saturated carbocycles. The lowest BCUT2D eigenvalue weighted by atomic mass is 10.1. The number of carbonyl (C=O) groups excluding carboxylic acids is 4. The first-order valence-electron chi connectivity index (χ1n) is 9.88. The minimum absolute atomic E-state index is 0.0607. The number of carboxylic acids is 3. The van der Waals surface area contributed by atoms with Crippen LogP contribution in [0.15, 0.2) is 0 Å². The number of primary amides is 1. The Labute approximate surface area is 198 Å². The number of rotatable bonds is 17. The van der Waals surface area contributed by atoms with Gasteiger partial charge < -0.3 is 42.7 Å². The lowest BCUT2D eigenvalue weighted by molar-refractivity contribution is -0.144. The topological polar surface area (TPSA) is 268 Å². The highest BCUT2D eigenvalue weighted by atomic mass is 32.2. The van der Waals surface area contributed by atoms with Gasteiger partial charge in [-0.25, -0.2) is 4.79 Å². The second-order valence-electron chi connectivity index (χ2n) is 7.11. The molecule has 0 rings (SSSR count). The van der Waals surface area contributed by atoms with Gasteiger partial charge in [0.25, 0.3) is 0 Å². The second kappa shape index (κ2) is 15.4. The number of thioether (sulfide) groups is 1. The highest BCUT2D eigenvalue weighted by Crippen LogP contribution is 2.06. The molecule has 192 valence electrons. The molecule has 0 saturated heterocycles. The van der Waals surface area contributed by atoms with Crippen LogP contribution in [0.4, 0.5) is 0 Å². The van der Waals surface area contributed by atoms with Crippen LogP contribution in [0.5, 0.6) is 0 Å². The van der Waals surface area contributed by atoms with Gasteiger partial charge in [0, 0.05) is 6.42 Å². The molecule has 4 unspecified atom stereocenters. The van der Waals surface area contributed by atoms with E-state index in [9.17, 15) is 33.6 Å². The number of hydrogen-bond acceptors (Lipinski definition) is 9. The van der Waals surface area contributed by atoms with Gasteiger partial charge in [-0.1, -0.05) is 0 Å². The summed E-state index contributed by atoms with van der Waals surface area (Å²) in [6.45, 7) is 0. The van der Waals surface area contributed by atoms with Crippen LogP contribution in [0.3, 0.4) is 0 Å². The van der Waals surface area contributed by atoms with Gasteiger partial charge in [0.1, 0.15) is 18.1 Å². The van der Waals surface area contributed by atoms with Crippen LogP contribution in [-0.2, 0) is 33.6 Å². The normalized spacial score (nSPS) is 14.1. The van der Waals surface area contributed by atoms with Gasteiger partial charge in [0.05, 0.1) is 18.9 Å². The molecule has 0 aliphatic heterocycles. The Morgan fingerprint density at radius 1 is 0.765 bits per heavy atom. The van der Waals surface area contributed by atoms with Crippen molar-refractivity contribution in [2.75, 3.05) is 12.0 Å². The Bertz CT molecular complexity index is 793. The first kappa shape index (κ1) is 30.6. The average molecular weight is 508 g/mol. The van der Waals surface area contributed by atoms with Crippen molar-refractivity contribution in [2.24, 2.45) is 11.5 Å². The summed E-state index contributed by atoms with van der Waals surface area (Å²) in [5, 5.41) is 33.4. The Morgan fingerprint density at radius 2 is 1.26 bits per heavy atom. The molecule has 4 atom stereocenters. The molecule has 0 heterocycles. The zero-order valence-electron chi connectivity index (χ0n) is 18.3. The molecule has 4 amide bonds. The molecule has 0 aromatic carbocycles. The summed E-state index contributed by atoms with van der Waals surface area (Å²) in [7, 11) is 0. The van der Waals surface area contributed by atoms with Crippen molar-refractivity contribution in [2.45, 2.75) is 56.3 Å². The Kier molecular flexibility index (Phi) is 13.9. The van der Waals surface area contributed by atoms with Crippen molar-refractivity contribution in [1.29, 1.82) is 0 Å². The number of carbonyl (C=O) groups is 7. The van der Waals surface area contributed by atoms with Crippen LogP contribution < -0.4 is 27.4 Å². The quantitative estimate of drug-likeness (QED) is 0.0968. The lowest BCUT2D eigenvalue weighted by Crippen LogP contribution is -2.57. The van der Waals surface area contributed by atoms with Gasteiger partial charge >= 0.3 is 17.9 Å². The van der Waals surface area contributed by atoms with Gasteiger partial charge in [-0.2, -0.15) is 11.8 Å². The van der Waals surface area contributed by atoms with Gasteiger partial charge in [0.2, 0.25) is 23.6 Å². The molecule has 0 fully saturated rings. The number of carboxylic acid groups (broad SMARTS) is 3. The number of hydrogen-bond donors (Lipinski definition) is 8. The third-order valence-electron chi connectivity index (χ3n) is 4.27. The van der Waals surface area contributed by atoms with E-state index in [0.717, 1.165) is 0 Å². The first-order chi connectivity index (χ1) is 15.8. The summed E-state index contributed by atoms with van der Waals surface area (Å²) in [5.74, 6) is -7.77. The maximum Gasteiger partial charge on any atom is 0.326 e. The van der Waals surface area contributed by atoms with E-state index in [1.165, 1.54) is 11.8 Å². The van der Waals surface area contributed by atoms with Crippen molar-refractivity contribution in [3.05, 3.63) is 0 Å². The largest absolute Gasteiger partial charge is 0.481 e. The van der Waals surface area contributed by atoms with Crippen molar-refractivity contribution in [1.82, 2.24) is 16.0 Å². The SMILES string of the molecule is CSCCC(NC(=O)C(N)CC(=O)O)C(=O)NC(CCC(=O)O)C(=O)NC(CC(N)=O)C(=O)O. The molecular weight excluding hydrogens is 478 g/mol. The van der Waals surface area contributed by atoms with Crippen molar-refractivity contribution < 1.29 is 48.9 Å². The molecule has 16 heteroatoms. The molecule has 0 aliphatic rings. The summed E-state index contributed by atoms with van der Waals surface area (Å²) < 4.78 is 0. The number of aliphatic carboxylic acids is 3. The van der Waals surface area contributed by atoms with E-state index in [0.29, 0.717) is 5.75 Å². The fourth-order valence-corrected chi connectivity index (χ4v) is 3.02. The molecule has 0 radical (unpaired) electrons. The smallest absolute Gasteiger partial charge is 0.326 e. The van der Waals surface area contributed by atoms with Crippen LogP contribution in [0.2, 0.25) is 0 Å². The zero-order valence-corrected chi connectivity index (χ0v) is 19.1. The maximum atomic E-state index is 12.8. The van der Waals surface area contributed by atoms with E-state index in [1.54, 1.807) is 6.26 Å². The minimum Gasteiger partial charge on any atom is -0.481 e. The van der Waals surface area contributed by atoms with Crippen LogP contribution in [-0.4, -0.2) is 93.0 Å². The summed E-state index contributed by atoms with van der Waals surface area (Å²) in [6.07, 6.45) is -0.655. The van der Waals surface area contributed by atoms with Crippen molar-refractivity contribution >= 4 is 53.3 Å². The fourth-order valence-electron chi connectivity index (χ4n) is 2.55. The zero-order chi connectivity index (χ0) is 26.4. The predicted molar refractivity (Wildman–Crippen MR) is 117 cm³/mol. The summed E-state index contributed by atoms with van der Waals surface area (Å²) >= 11 is 1.33. The van der Waals surface area contributed by atoms with Crippen LogP contribution >= 0.6 is 11.8 Å². The number of nitrogens with one attached hydrogen (secondary N) is 3. The summed E-state index contributed by atoms with van der Waals surface area (Å²) in [6, 6.07) is -5.94. The van der Waals surface area contributed by atoms with E-state index >= 15 is 0 Å². The molecule has 34 heavy (non-hydrogen) atoms. The van der Waals surface area contributed by atoms with E-state index in [2.05, 4.69) is 10.6 Å². The van der Waals surface area contributed by atoms with Gasteiger partial charge in [-0.15, -0.1) is 0 Å². The second-order valence-corrected chi connectivity index (χ2v) is 8.10. The highest BCUT2D eigenvalue weighted by Gasteiger charge is 2.31. The molecule has 0 aromatic heterocycles. The Balaban J connectivity index is 5.56. The molecule has 0 aliphatic carbocycles. The van der Waals surface area contributed by atoms with Crippen molar-refractivity contribution in [3.63, 3.8) is 0 Å². The monoisotopic (exact) mass is 507 g/mol. The number of amides is 4. The summed E-state index contributed by atoms with van der Waals surface area (Å²) in [5.41, 5.74) is 10.5. The van der Waals surface area contributed by atoms with Gasteiger partial charge in [-0.3, -0.25) is 28.8 Å². The molecule has 15 nitrogen and oxygen atoms in total. The first-order valence-corrected chi connectivity index (χ1v) is 11.3. The fraction of sp³-hybridized carbons (Fsp3) is 0.611. The minimum atomic E-state index is -1.71. The summed E-state index contributed by atoms with van der Waals surface area (Å²) in [4.78, 5) is 81.5. The van der Waals surface area contributed by atoms with E-state index in [-0.39, 0.29) is 6.42 Å². The molecule has 0 aromatic rings. The van der Waals surface area contributed by atoms with Crippen molar-refractivity contribution in [3.8, 4) is 0 Å². The lowest BCUT2D eigenvalue weighted by Gasteiger charge is -2.24. The van der Waals surface area contributed by atoms with Crippen LogP contribution in [0.25, 0.3) is 0 Å². The highest BCUT2D eigenvalue weighted by molar-refractivity contribution is 7.98. The van der Waals surface area contributed by atoms with E-state index < -0.39 is 91.4 Å².